The number of aldehydes is 1. The fourth-order valence-electron chi connectivity index (χ4n) is 10.3. The first kappa shape index (κ1) is 112. The van der Waals surface area contributed by atoms with Crippen LogP contribution in [0.15, 0.2) is 274 Å². The quantitative estimate of drug-likeness (QED) is 0.00690. The molecule has 5 aliphatic heterocycles. The molecular weight excluding hydrogens is 2680 g/mol. The molecule has 0 spiro atoms. The van der Waals surface area contributed by atoms with Crippen molar-refractivity contribution in [2.24, 2.45) is 4.99 Å². The van der Waals surface area contributed by atoms with Crippen LogP contribution in [-0.4, -0.2) is 158 Å². The zero-order valence-electron chi connectivity index (χ0n) is 67.7. The number of methoxy groups -OCH3 is 6. The summed E-state index contributed by atoms with van der Waals surface area (Å²) in [4.78, 5) is 82.5. The van der Waals surface area contributed by atoms with Crippen LogP contribution >= 0.6 is 11.6 Å². The van der Waals surface area contributed by atoms with Crippen molar-refractivity contribution in [3.63, 3.8) is 0 Å². The summed E-state index contributed by atoms with van der Waals surface area (Å²) in [5.41, 5.74) is 8.47. The van der Waals surface area contributed by atoms with Crippen molar-refractivity contribution in [3.8, 4) is 23.0 Å². The number of benzene rings is 4. The maximum Gasteiger partial charge on any atom is 0.259 e. The Balaban J connectivity index is 0.000000469. The Hall–Kier alpha value is -6.04. The zero-order valence-corrected chi connectivity index (χ0v) is 92.2. The number of hydrogen-bond acceptors (Lipinski definition) is 28. The van der Waals surface area contributed by atoms with Gasteiger partial charge in [0.25, 0.3) is 29.5 Å². The van der Waals surface area contributed by atoms with Gasteiger partial charge in [-0.05, 0) is 214 Å². The molecule has 33 nitrogen and oxygen atoms in total. The molecule has 4 aromatic carbocycles. The first-order valence-corrected chi connectivity index (χ1v) is 35.7. The molecule has 10 atom stereocenters. The molecule has 5 aliphatic rings. The van der Waals surface area contributed by atoms with E-state index in [2.05, 4.69) is 48.3 Å². The van der Waals surface area contributed by atoms with Crippen LogP contribution in [0.5, 0.6) is 23.0 Å². The summed E-state index contributed by atoms with van der Waals surface area (Å²) in [6, 6.07) is 51.5. The normalized spacial score (nSPS) is 18.6. The number of aliphatic hydroxyl groups excluding tert-OH is 5. The van der Waals surface area contributed by atoms with Gasteiger partial charge in [-0.25, -0.2) is 0 Å². The molecule has 635 valence electrons. The average Bonchev–Trinajstić information content (AvgIpc) is 1.31. The third-order valence-corrected chi connectivity index (χ3v) is 16.9. The van der Waals surface area contributed by atoms with Crippen molar-refractivity contribution in [1.82, 2.24) is 16.0 Å². The van der Waals surface area contributed by atoms with Gasteiger partial charge in [-0.1, -0.05) is 6.58 Å². The van der Waals surface area contributed by atoms with Crippen LogP contribution in [-0.2, 0) is 43.0 Å². The number of nitrogens with zero attached hydrogens (tertiary/aromatic N) is 3. The number of nitrogens with two attached hydrogens (primary N) is 1. The number of carbonyl (C=O) groups is 7. The summed E-state index contributed by atoms with van der Waals surface area (Å²) >= 11 is 4.57. The van der Waals surface area contributed by atoms with Crippen molar-refractivity contribution >= 4 is 81.6 Å². The van der Waals surface area contributed by atoms with Gasteiger partial charge >= 0.3 is 0 Å². The van der Waals surface area contributed by atoms with E-state index in [0.717, 1.165) is 34.4 Å². The predicted octanol–water partition coefficient (Wildman–Crippen LogP) is 10.6. The molecule has 39 heteroatoms. The molecule has 122 heavy (non-hydrogen) atoms. The first-order chi connectivity index (χ1) is 56.2. The molecule has 5 fully saturated rings. The van der Waals surface area contributed by atoms with E-state index >= 15 is 0 Å². The summed E-state index contributed by atoms with van der Waals surface area (Å²) in [6.07, 6.45) is 8.52. The molecule has 11 aromatic rings. The second-order valence-electron chi connectivity index (χ2n) is 25.0. The fraction of sp³-hybridized carbons (Fsp3) is 0.253. The van der Waals surface area contributed by atoms with Crippen LogP contribution in [0.2, 0.25) is 0 Å². The van der Waals surface area contributed by atoms with Gasteiger partial charge in [-0.15, -0.1) is 0 Å². The average molecular weight is 2770 g/mol. The van der Waals surface area contributed by atoms with Crippen LogP contribution < -0.4 is 50.4 Å². The molecule has 5 radical (unpaired) electrons. The van der Waals surface area contributed by atoms with E-state index < -0.39 is 60.2 Å². The van der Waals surface area contributed by atoms with E-state index in [-0.39, 0.29) is 268 Å². The van der Waals surface area contributed by atoms with Gasteiger partial charge in [0.05, 0.1) is 97.1 Å². The number of anilines is 3. The van der Waals surface area contributed by atoms with Crippen LogP contribution in [0.3, 0.4) is 0 Å². The monoisotopic (exact) mass is 2770 g/mol. The molecule has 5 saturated heterocycles. The third kappa shape index (κ3) is 34.3. The van der Waals surface area contributed by atoms with E-state index in [1.165, 1.54) is 41.1 Å². The SMILES string of the molecule is C=C(C)OC.COC(C)(C)OC1C(=O)N[C@H]1c1ccco1.COc1ccc(N)cc1.COc1ccc(N2C(=O)C(O)[C@@H]2c2ccco2)cc1.COc1ccc(N2C(=O)C(O)[C@@H]2c2ccco2)cc1.COc1ccc(N=Cc2ccco2)cc1.O=C(Cl)CO.O=C1N[C@@H](c2ccco2)C1O.O=C1N[C@@H](c2ccco2)C1O.O=Cc1ccco1.[Ac].[Ac].[Ac].[Ac].[Ac]. The molecule has 12 heterocycles. The van der Waals surface area contributed by atoms with Gasteiger partial charge < -0.3 is 111 Å². The van der Waals surface area contributed by atoms with E-state index in [9.17, 15) is 43.8 Å². The van der Waals surface area contributed by atoms with Crippen molar-refractivity contribution in [1.29, 1.82) is 0 Å². The van der Waals surface area contributed by atoms with Crippen LogP contribution in [0.4, 0.5) is 22.7 Å². The second kappa shape index (κ2) is 58.3. The number of nitrogens with one attached hydrogen (secondary N) is 3. The maximum absolute atomic E-state index is 11.8. The van der Waals surface area contributed by atoms with Crippen molar-refractivity contribution in [2.75, 3.05) is 64.8 Å². The zero-order chi connectivity index (χ0) is 85.1. The van der Waals surface area contributed by atoms with Gasteiger partial charge in [-0.2, -0.15) is 0 Å². The molecule has 5 unspecified atom stereocenters. The Morgan fingerprint density at radius 3 is 1.07 bits per heavy atom. The van der Waals surface area contributed by atoms with Gasteiger partial charge in [0, 0.05) is 244 Å². The number of aliphatic hydroxyl groups is 5. The number of ether oxygens (including phenoxy) is 7. The Labute approximate surface area is 886 Å². The Morgan fingerprint density at radius 1 is 0.484 bits per heavy atom. The van der Waals surface area contributed by atoms with Gasteiger partial charge in [-0.3, -0.25) is 48.4 Å². The van der Waals surface area contributed by atoms with E-state index in [1.54, 1.807) is 216 Å². The Bertz CT molecular complexity index is 4620. The molecule has 7 aromatic heterocycles. The summed E-state index contributed by atoms with van der Waals surface area (Å²) < 4.78 is 70.9. The molecule has 16 rings (SSSR count). The summed E-state index contributed by atoms with van der Waals surface area (Å²) in [6.45, 7) is 8.21. The van der Waals surface area contributed by atoms with Gasteiger partial charge in [0.15, 0.2) is 48.4 Å². The van der Waals surface area contributed by atoms with Gasteiger partial charge in [0.2, 0.25) is 5.24 Å². The first-order valence-electron chi connectivity index (χ1n) is 35.3. The number of furan rings is 7. The van der Waals surface area contributed by atoms with Crippen LogP contribution in [0, 0.1) is 220 Å². The van der Waals surface area contributed by atoms with E-state index in [1.807, 2.05) is 48.5 Å². The molecule has 5 amide bonds. The van der Waals surface area contributed by atoms with E-state index in [4.69, 9.17) is 76.0 Å². The number of hydrogen-bond donors (Lipinski definition) is 9. The summed E-state index contributed by atoms with van der Waals surface area (Å²) in [5, 5.41) is 52.5. The molecule has 0 aliphatic carbocycles. The van der Waals surface area contributed by atoms with Crippen LogP contribution in [0.25, 0.3) is 0 Å². The second-order valence-corrected chi connectivity index (χ2v) is 25.4. The van der Waals surface area contributed by atoms with E-state index in [0.29, 0.717) is 63.7 Å². The number of aliphatic imine (C=N–C) groups is 1. The number of halogens is 1. The van der Waals surface area contributed by atoms with Crippen molar-refractivity contribution in [2.45, 2.75) is 87.3 Å². The predicted molar refractivity (Wildman–Crippen MR) is 423 cm³/mol. The number of carbonyl (C=O) groups excluding carboxylic acids is 7. The molecule has 0 bridgehead atoms. The standard InChI is InChI=1S/2C14H13NO4.C12H11NO2.C11H15NO4.2C7H7NO3.C7H9NO.C5H4O2.C4H8O.C2H3ClO2.5Ac/c2*1-18-10-6-4-9(5-7-10)15-12(13(16)14(15)17)11-3-2-8-19-11;1-14-11-6-4-10(5-7-11)13-9-12-3-2-8-15-12;1-11(2,14-3)16-9-8(12-10(9)13)7-5-4-6-15-7;2*9-6-5(8-7(6)10)4-2-1-3-11-4;1-9-7-4-2-6(8)3-5-7;6-4-5-2-1-3-7-5;1-4(2)5-3;3-2(5)1-4;;;;;/h2*2-8,12-13,16H,1H3;2-9H,1H3;4-6,8-9H,1-3H3,(H,12,13);2*1-3,5-6,9H,(H,8,10);2-5H,8H2,1H3;1-4H;1H2,2-3H3;4H,1H2;;;;;/t2*12-,13?;;8-,9?;2*5-,6?;;;;;;;;;/m00.000........./s1. The molecular formula is C83H90Ac5ClN7O26. The number of rotatable bonds is 19. The van der Waals surface area contributed by atoms with Crippen molar-refractivity contribution < 1.29 is 343 Å². The number of nitrogen functional groups attached to an aromatic ring is 1. The fourth-order valence-corrected chi connectivity index (χ4v) is 10.3. The minimum atomic E-state index is -1.05. The maximum atomic E-state index is 11.8. The number of allylic oxidation sites excluding steroid dienone is 1. The smallest absolute Gasteiger partial charge is 0.259 e. The topological polar surface area (TPSA) is 458 Å². The number of amides is 5. The minimum Gasteiger partial charge on any atom is -0.502 e. The van der Waals surface area contributed by atoms with Crippen LogP contribution in [0.1, 0.15) is 96.1 Å². The largest absolute Gasteiger partial charge is 0.502 e. The summed E-state index contributed by atoms with van der Waals surface area (Å²) in [5.74, 6) is 5.72. The third-order valence-electron chi connectivity index (χ3n) is 16.8. The number of β-lactam (4-membered cyclic amide) rings is 5. The Morgan fingerprint density at radius 2 is 0.795 bits per heavy atom. The Kier molecular flexibility index (Phi) is 53.6. The summed E-state index contributed by atoms with van der Waals surface area (Å²) in [7, 11) is 9.58. The minimum absolute atomic E-state index is 0. The molecule has 10 N–H and O–H groups in total. The molecule has 0 saturated carbocycles. The van der Waals surface area contributed by atoms with Gasteiger partial charge in [0.1, 0.15) is 94.4 Å². The van der Waals surface area contributed by atoms with Crippen molar-refractivity contribution in [3.05, 3.63) is 278 Å².